The molecule has 0 heterocycles. The van der Waals surface area contributed by atoms with Crippen LogP contribution in [0.2, 0.25) is 0 Å². The summed E-state index contributed by atoms with van der Waals surface area (Å²) >= 11 is 0. The van der Waals surface area contributed by atoms with Crippen molar-refractivity contribution in [1.29, 1.82) is 0 Å². The zero-order chi connectivity index (χ0) is 14.2. The number of unbranched alkanes of at least 4 members (excludes halogenated alkanes) is 1. The third-order valence-corrected chi connectivity index (χ3v) is 3.25. The molecule has 3 nitrogen and oxygen atoms in total. The van der Waals surface area contributed by atoms with E-state index < -0.39 is 11.2 Å². The summed E-state index contributed by atoms with van der Waals surface area (Å²) in [5.41, 5.74) is -0.463. The van der Waals surface area contributed by atoms with E-state index in [1.807, 2.05) is 19.9 Å². The molecule has 0 amide bonds. The first-order valence-corrected chi connectivity index (χ1v) is 6.55. The van der Waals surface area contributed by atoms with Crippen LogP contribution in [-0.2, 0) is 4.65 Å². The van der Waals surface area contributed by atoms with Crippen molar-refractivity contribution in [2.45, 2.75) is 51.7 Å². The van der Waals surface area contributed by atoms with E-state index in [1.54, 1.807) is 13.8 Å². The molecule has 0 saturated carbocycles. The molecule has 0 fully saturated rings. The Morgan fingerprint density at radius 3 is 2.50 bits per heavy atom. The first-order chi connectivity index (χ1) is 8.20. The second-order valence-corrected chi connectivity index (χ2v) is 5.72. The summed E-state index contributed by atoms with van der Waals surface area (Å²) in [6, 6.07) is 0. The highest BCUT2D eigenvalue weighted by atomic mass is 16.5. The van der Waals surface area contributed by atoms with Gasteiger partial charge in [0.25, 0.3) is 0 Å². The van der Waals surface area contributed by atoms with Crippen molar-refractivity contribution in [3.63, 3.8) is 0 Å². The van der Waals surface area contributed by atoms with Gasteiger partial charge in [0.15, 0.2) is 0 Å². The van der Waals surface area contributed by atoms with E-state index in [0.717, 1.165) is 31.4 Å². The van der Waals surface area contributed by atoms with Crippen LogP contribution in [0.15, 0.2) is 24.7 Å². The molecule has 0 aliphatic rings. The van der Waals surface area contributed by atoms with Crippen LogP contribution in [0.5, 0.6) is 0 Å². The van der Waals surface area contributed by atoms with Crippen LogP contribution in [-0.4, -0.2) is 36.9 Å². The van der Waals surface area contributed by atoms with E-state index in [9.17, 15) is 5.11 Å². The summed E-state index contributed by atoms with van der Waals surface area (Å²) in [5, 5.41) is 13.3. The summed E-state index contributed by atoms with van der Waals surface area (Å²) in [5.74, 6) is 0. The van der Waals surface area contributed by atoms with Gasteiger partial charge in [-0.1, -0.05) is 11.5 Å². The highest BCUT2D eigenvalue weighted by molar-refractivity contribution is 6.38. The van der Waals surface area contributed by atoms with E-state index in [4.69, 9.17) is 4.65 Å². The van der Waals surface area contributed by atoms with Gasteiger partial charge in [0.1, 0.15) is 0 Å². The Labute approximate surface area is 113 Å². The Balaban J connectivity index is 3.80. The minimum absolute atomic E-state index is 0.464. The van der Waals surface area contributed by atoms with Gasteiger partial charge in [-0.2, -0.15) is 0 Å². The molecule has 0 aliphatic heterocycles. The first-order valence-electron chi connectivity index (χ1n) is 6.55. The molecule has 2 N–H and O–H groups in total. The summed E-state index contributed by atoms with van der Waals surface area (Å²) in [6.45, 7) is 16.6. The summed E-state index contributed by atoms with van der Waals surface area (Å²) in [6.07, 6.45) is 4.04. The topological polar surface area (TPSA) is 41.5 Å². The molecule has 4 heteroatoms. The van der Waals surface area contributed by atoms with Crippen molar-refractivity contribution < 1.29 is 9.76 Å². The van der Waals surface area contributed by atoms with E-state index in [-0.39, 0.29) is 0 Å². The lowest BCUT2D eigenvalue weighted by Crippen LogP contribution is -2.48. The average Bonchev–Trinajstić information content (AvgIpc) is 2.24. The number of hydrogen-bond acceptors (Lipinski definition) is 3. The third-order valence-electron chi connectivity index (χ3n) is 3.25. The molecule has 0 aliphatic carbocycles. The minimum Gasteiger partial charge on any atom is -0.427 e. The van der Waals surface area contributed by atoms with E-state index >= 15 is 0 Å². The van der Waals surface area contributed by atoms with Gasteiger partial charge in [0.2, 0.25) is 0 Å². The van der Waals surface area contributed by atoms with Crippen molar-refractivity contribution in [3.8, 4) is 0 Å². The lowest BCUT2D eigenvalue weighted by molar-refractivity contribution is -0.0897. The molecule has 0 unspecified atom stereocenters. The van der Waals surface area contributed by atoms with Crippen LogP contribution in [0.3, 0.4) is 0 Å². The van der Waals surface area contributed by atoms with E-state index in [2.05, 4.69) is 18.5 Å². The van der Waals surface area contributed by atoms with Crippen LogP contribution in [0.1, 0.15) is 40.5 Å². The Kier molecular flexibility index (Phi) is 7.52. The lowest BCUT2D eigenvalue weighted by atomic mass is 9.83. The van der Waals surface area contributed by atoms with Crippen molar-refractivity contribution >= 4 is 7.48 Å². The van der Waals surface area contributed by atoms with Crippen molar-refractivity contribution in [1.82, 2.24) is 5.32 Å². The maximum Gasteiger partial charge on any atom is 0.306 e. The van der Waals surface area contributed by atoms with Gasteiger partial charge in [-0.25, -0.2) is 0 Å². The van der Waals surface area contributed by atoms with Gasteiger partial charge in [-0.05, 0) is 47.1 Å². The molecule has 0 aromatic carbocycles. The van der Waals surface area contributed by atoms with Gasteiger partial charge in [0.05, 0.1) is 11.2 Å². The van der Waals surface area contributed by atoms with Gasteiger partial charge in [-0.15, -0.1) is 13.2 Å². The number of nitrogens with one attached hydrogen (secondary N) is 1. The van der Waals surface area contributed by atoms with Crippen LogP contribution in [0, 0.1) is 0 Å². The maximum absolute atomic E-state index is 9.95. The molecule has 104 valence electrons. The van der Waals surface area contributed by atoms with Gasteiger partial charge in [0, 0.05) is 6.54 Å². The predicted molar refractivity (Wildman–Crippen MR) is 80.1 cm³/mol. The molecule has 18 heavy (non-hydrogen) atoms. The average molecular weight is 253 g/mol. The van der Waals surface area contributed by atoms with Gasteiger partial charge >= 0.3 is 7.48 Å². The lowest BCUT2D eigenvalue weighted by Gasteiger charge is -2.37. The number of rotatable bonds is 10. The van der Waals surface area contributed by atoms with Crippen LogP contribution in [0.4, 0.5) is 0 Å². The molecule has 0 radical (unpaired) electrons. The quantitative estimate of drug-likeness (QED) is 0.355. The monoisotopic (exact) mass is 253 g/mol. The molecule has 0 bridgehead atoms. The van der Waals surface area contributed by atoms with Crippen molar-refractivity contribution in [2.75, 3.05) is 13.1 Å². The van der Waals surface area contributed by atoms with Crippen molar-refractivity contribution in [2.24, 2.45) is 0 Å². The van der Waals surface area contributed by atoms with Gasteiger partial charge in [-0.3, -0.25) is 0 Å². The third kappa shape index (κ3) is 6.99. The zero-order valence-corrected chi connectivity index (χ0v) is 12.4. The predicted octanol–water partition coefficient (Wildman–Crippen LogP) is 1.97. The van der Waals surface area contributed by atoms with Crippen LogP contribution in [0.25, 0.3) is 0 Å². The Morgan fingerprint density at radius 1 is 1.39 bits per heavy atom. The molecule has 0 atom stereocenters. The summed E-state index contributed by atoms with van der Waals surface area (Å²) in [7, 11) is 0.464. The number of aliphatic hydroxyl groups is 1. The fraction of sp³-hybridized carbons (Fsp3) is 0.714. The Bertz CT molecular complexity index is 269. The Morgan fingerprint density at radius 2 is 2.00 bits per heavy atom. The largest absolute Gasteiger partial charge is 0.427 e. The minimum atomic E-state index is -0.870. The molecule has 0 spiro atoms. The van der Waals surface area contributed by atoms with Crippen LogP contribution >= 0.6 is 0 Å². The fourth-order valence-corrected chi connectivity index (χ4v) is 1.15. The van der Waals surface area contributed by atoms with E-state index in [1.165, 1.54) is 0 Å². The standard InChI is InChI=1S/C14H28BNO2/c1-7-8-9-10-16-11-12(2)15-18-14(5,6)13(3,4)17/h7,15-17H,1-2,8-11H2,3-6H3. The second kappa shape index (κ2) is 7.77. The zero-order valence-electron chi connectivity index (χ0n) is 12.4. The second-order valence-electron chi connectivity index (χ2n) is 5.72. The highest BCUT2D eigenvalue weighted by Gasteiger charge is 2.35. The van der Waals surface area contributed by atoms with Crippen LogP contribution < -0.4 is 5.32 Å². The number of allylic oxidation sites excluding steroid dienone is 1. The molecule has 0 aromatic rings. The number of hydrogen-bond donors (Lipinski definition) is 2. The fourth-order valence-electron chi connectivity index (χ4n) is 1.15. The normalized spacial score (nSPS) is 12.3. The molecule has 0 aromatic heterocycles. The van der Waals surface area contributed by atoms with Gasteiger partial charge < -0.3 is 15.1 Å². The molecular weight excluding hydrogens is 225 g/mol. The molecular formula is C14H28BNO2. The smallest absolute Gasteiger partial charge is 0.306 e. The molecule has 0 rings (SSSR count). The molecule has 0 saturated heterocycles. The maximum atomic E-state index is 9.95. The summed E-state index contributed by atoms with van der Waals surface area (Å²) in [4.78, 5) is 0. The summed E-state index contributed by atoms with van der Waals surface area (Å²) < 4.78 is 5.73. The van der Waals surface area contributed by atoms with E-state index in [0.29, 0.717) is 7.48 Å². The highest BCUT2D eigenvalue weighted by Crippen LogP contribution is 2.24. The SMILES string of the molecule is C=CCCCNCC(=C)BOC(C)(C)C(C)(C)O. The Hall–Kier alpha value is -0.575. The first kappa shape index (κ1) is 17.4. The van der Waals surface area contributed by atoms with Crippen molar-refractivity contribution in [3.05, 3.63) is 24.7 Å².